The molecule has 1 aromatic carbocycles. The lowest BCUT2D eigenvalue weighted by molar-refractivity contribution is -0.145. The summed E-state index contributed by atoms with van der Waals surface area (Å²) >= 11 is 7.13. The van der Waals surface area contributed by atoms with Gasteiger partial charge >= 0.3 is 11.9 Å². The van der Waals surface area contributed by atoms with Gasteiger partial charge in [-0.2, -0.15) is 0 Å². The Balaban J connectivity index is 1.93. The van der Waals surface area contributed by atoms with Crippen LogP contribution in [0.1, 0.15) is 29.6 Å². The van der Waals surface area contributed by atoms with E-state index in [1.807, 2.05) is 0 Å². The number of ether oxygens (including phenoxy) is 2. The monoisotopic (exact) mass is 325 g/mol. The van der Waals surface area contributed by atoms with Crippen LogP contribution < -0.4 is 4.74 Å². The van der Waals surface area contributed by atoms with Crippen molar-refractivity contribution in [2.45, 2.75) is 19.3 Å². The molecule has 0 N–H and O–H groups in total. The molecule has 5 nitrogen and oxygen atoms in total. The third-order valence-corrected chi connectivity index (χ3v) is 4.64. The summed E-state index contributed by atoms with van der Waals surface area (Å²) in [5.41, 5.74) is 0.623. The highest BCUT2D eigenvalue weighted by Gasteiger charge is 2.29. The summed E-state index contributed by atoms with van der Waals surface area (Å²) < 4.78 is 11.1. The van der Waals surface area contributed by atoms with Gasteiger partial charge in [-0.15, -0.1) is 11.3 Å². The summed E-state index contributed by atoms with van der Waals surface area (Å²) in [5, 5.41) is 0. The zero-order valence-corrected chi connectivity index (χ0v) is 12.8. The van der Waals surface area contributed by atoms with Gasteiger partial charge in [0.1, 0.15) is 5.75 Å². The lowest BCUT2D eigenvalue weighted by atomic mass is 9.86. The number of benzene rings is 1. The summed E-state index contributed by atoms with van der Waals surface area (Å²) in [5.74, 6) is -0.846. The van der Waals surface area contributed by atoms with Gasteiger partial charge in [-0.3, -0.25) is 4.79 Å². The highest BCUT2D eigenvalue weighted by atomic mass is 35.5. The van der Waals surface area contributed by atoms with E-state index < -0.39 is 11.9 Å². The van der Waals surface area contributed by atoms with Crippen molar-refractivity contribution >= 4 is 45.1 Å². The number of carbonyl (C=O) groups is 2. The Morgan fingerprint density at radius 1 is 1.38 bits per heavy atom. The first-order chi connectivity index (χ1) is 10.1. The van der Waals surface area contributed by atoms with Crippen molar-refractivity contribution in [3.63, 3.8) is 0 Å². The highest BCUT2D eigenvalue weighted by molar-refractivity contribution is 7.22. The number of halogens is 1. The Morgan fingerprint density at radius 3 is 2.76 bits per heavy atom. The minimum Gasteiger partial charge on any atom is -0.497 e. The van der Waals surface area contributed by atoms with E-state index in [1.54, 1.807) is 6.07 Å². The van der Waals surface area contributed by atoms with Gasteiger partial charge in [0, 0.05) is 0 Å². The molecule has 2 aromatic rings. The molecule has 0 amide bonds. The molecule has 7 heteroatoms. The first-order valence-electron chi connectivity index (χ1n) is 6.48. The molecule has 1 aliphatic carbocycles. The average molecular weight is 326 g/mol. The van der Waals surface area contributed by atoms with Crippen LogP contribution in [0.4, 0.5) is 0 Å². The van der Waals surface area contributed by atoms with E-state index in [0.717, 1.165) is 19.3 Å². The van der Waals surface area contributed by atoms with E-state index in [2.05, 4.69) is 4.98 Å². The molecule has 0 atom stereocenters. The zero-order chi connectivity index (χ0) is 15.0. The molecule has 1 aliphatic rings. The van der Waals surface area contributed by atoms with Crippen LogP contribution in [0.5, 0.6) is 5.75 Å². The second-order valence-corrected chi connectivity index (χ2v) is 6.44. The molecule has 1 heterocycles. The fourth-order valence-corrected chi connectivity index (χ4v) is 3.20. The predicted molar refractivity (Wildman–Crippen MR) is 78.9 cm³/mol. The minimum atomic E-state index is -0.710. The molecular formula is C14H12ClNO4S. The maximum Gasteiger partial charge on any atom is 0.348 e. The molecule has 110 valence electrons. The van der Waals surface area contributed by atoms with Gasteiger partial charge in [0.25, 0.3) is 0 Å². The molecule has 0 bridgehead atoms. The smallest absolute Gasteiger partial charge is 0.348 e. The molecule has 3 rings (SSSR count). The van der Waals surface area contributed by atoms with Crippen molar-refractivity contribution in [2.24, 2.45) is 5.92 Å². The maximum atomic E-state index is 12.2. The van der Waals surface area contributed by atoms with Gasteiger partial charge < -0.3 is 9.47 Å². The Kier molecular flexibility index (Phi) is 3.82. The number of aromatic nitrogens is 1. The SMILES string of the molecule is COc1cc(C(=O)OC(=O)C2CCC2)c2nc(Cl)sc2c1. The van der Waals surface area contributed by atoms with Crippen LogP contribution in [-0.2, 0) is 9.53 Å². The summed E-state index contributed by atoms with van der Waals surface area (Å²) in [4.78, 5) is 28.1. The second-order valence-electron chi connectivity index (χ2n) is 4.82. The standard InChI is InChI=1S/C14H12ClNO4S/c1-19-8-5-9(11-10(6-8)21-14(15)16-11)13(18)20-12(17)7-3-2-4-7/h5-7H,2-4H2,1H3. The predicted octanol–water partition coefficient (Wildman–Crippen LogP) is 3.44. The fourth-order valence-electron chi connectivity index (χ4n) is 2.12. The van der Waals surface area contributed by atoms with Crippen molar-refractivity contribution in [3.8, 4) is 5.75 Å². The molecule has 0 unspecified atom stereocenters. The molecule has 1 aromatic heterocycles. The van der Waals surface area contributed by atoms with Crippen molar-refractivity contribution in [3.05, 3.63) is 22.2 Å². The number of nitrogens with zero attached hydrogens (tertiary/aromatic N) is 1. The molecular weight excluding hydrogens is 314 g/mol. The number of methoxy groups -OCH3 is 1. The summed E-state index contributed by atoms with van der Waals surface area (Å²) in [6, 6.07) is 3.25. The lowest BCUT2D eigenvalue weighted by Gasteiger charge is -2.22. The van der Waals surface area contributed by atoms with Crippen LogP contribution in [0.25, 0.3) is 10.2 Å². The molecule has 21 heavy (non-hydrogen) atoms. The third kappa shape index (κ3) is 2.73. The largest absolute Gasteiger partial charge is 0.497 e. The Labute approximate surface area is 129 Å². The molecule has 0 radical (unpaired) electrons. The number of rotatable bonds is 3. The minimum absolute atomic E-state index is 0.158. The van der Waals surface area contributed by atoms with Gasteiger partial charge in [-0.1, -0.05) is 18.0 Å². The van der Waals surface area contributed by atoms with Gasteiger partial charge in [0.2, 0.25) is 0 Å². The number of thiazole rings is 1. The van der Waals surface area contributed by atoms with E-state index in [0.29, 0.717) is 20.4 Å². The normalized spacial score (nSPS) is 14.8. The number of esters is 2. The van der Waals surface area contributed by atoms with Gasteiger partial charge in [-0.25, -0.2) is 9.78 Å². The summed E-state index contributed by atoms with van der Waals surface area (Å²) in [7, 11) is 1.50. The van der Waals surface area contributed by atoms with Crippen molar-refractivity contribution in [1.29, 1.82) is 0 Å². The zero-order valence-electron chi connectivity index (χ0n) is 11.2. The quantitative estimate of drug-likeness (QED) is 0.639. The third-order valence-electron chi connectivity index (χ3n) is 3.53. The van der Waals surface area contributed by atoms with E-state index in [-0.39, 0.29) is 11.5 Å². The fraction of sp³-hybridized carbons (Fsp3) is 0.357. The van der Waals surface area contributed by atoms with Crippen molar-refractivity contribution in [1.82, 2.24) is 4.98 Å². The molecule has 1 saturated carbocycles. The first kappa shape index (κ1) is 14.3. The lowest BCUT2D eigenvalue weighted by Crippen LogP contribution is -2.26. The number of carbonyl (C=O) groups excluding carboxylic acids is 2. The van der Waals surface area contributed by atoms with Crippen LogP contribution >= 0.6 is 22.9 Å². The van der Waals surface area contributed by atoms with E-state index >= 15 is 0 Å². The van der Waals surface area contributed by atoms with Crippen LogP contribution in [0.3, 0.4) is 0 Å². The summed E-state index contributed by atoms with van der Waals surface area (Å²) in [6.07, 6.45) is 2.56. The average Bonchev–Trinajstić information content (AvgIpc) is 2.74. The van der Waals surface area contributed by atoms with Crippen LogP contribution in [0.2, 0.25) is 4.47 Å². The van der Waals surface area contributed by atoms with Crippen LogP contribution in [-0.4, -0.2) is 24.0 Å². The summed E-state index contributed by atoms with van der Waals surface area (Å²) in [6.45, 7) is 0. The Morgan fingerprint density at radius 2 is 2.14 bits per heavy atom. The molecule has 0 spiro atoms. The van der Waals surface area contributed by atoms with E-state index in [4.69, 9.17) is 21.1 Å². The molecule has 1 fully saturated rings. The van der Waals surface area contributed by atoms with E-state index in [9.17, 15) is 9.59 Å². The van der Waals surface area contributed by atoms with Crippen LogP contribution in [0.15, 0.2) is 12.1 Å². The van der Waals surface area contributed by atoms with Crippen molar-refractivity contribution in [2.75, 3.05) is 7.11 Å². The molecule has 0 aliphatic heterocycles. The Bertz CT molecular complexity index is 723. The van der Waals surface area contributed by atoms with E-state index in [1.165, 1.54) is 24.5 Å². The van der Waals surface area contributed by atoms with Gasteiger partial charge in [0.05, 0.1) is 28.8 Å². The Hall–Kier alpha value is -1.66. The van der Waals surface area contributed by atoms with Gasteiger partial charge in [0.15, 0.2) is 4.47 Å². The van der Waals surface area contributed by atoms with Crippen LogP contribution in [0, 0.1) is 5.92 Å². The number of hydrogen-bond acceptors (Lipinski definition) is 6. The second kappa shape index (κ2) is 5.61. The topological polar surface area (TPSA) is 65.5 Å². The highest BCUT2D eigenvalue weighted by Crippen LogP contribution is 2.33. The number of fused-ring (bicyclic) bond motifs is 1. The van der Waals surface area contributed by atoms with Gasteiger partial charge in [-0.05, 0) is 25.0 Å². The van der Waals surface area contributed by atoms with Crippen molar-refractivity contribution < 1.29 is 19.1 Å². The molecule has 0 saturated heterocycles. The first-order valence-corrected chi connectivity index (χ1v) is 7.68. The maximum absolute atomic E-state index is 12.2. The number of hydrogen-bond donors (Lipinski definition) is 0.